The van der Waals surface area contributed by atoms with Crippen LogP contribution < -0.4 is 4.72 Å². The topological polar surface area (TPSA) is 112 Å². The van der Waals surface area contributed by atoms with Crippen molar-refractivity contribution in [3.8, 4) is 0 Å². The van der Waals surface area contributed by atoms with Gasteiger partial charge in [0.15, 0.2) is 5.82 Å². The third kappa shape index (κ3) is 3.64. The van der Waals surface area contributed by atoms with Gasteiger partial charge in [0.05, 0.1) is 18.3 Å². The molecule has 0 unspecified atom stereocenters. The second-order valence-corrected chi connectivity index (χ2v) is 6.83. The van der Waals surface area contributed by atoms with E-state index in [1.54, 1.807) is 0 Å². The standard InChI is InChI=1S/C10H13BrN4O4S/c11-8-5-13-9(6-12-8)14-20(18,19)15-3-1-7(2-4-15)10(16)17/h5-7H,1-4H2,(H,13,14)(H,16,17). The fraction of sp³-hybridized carbons (Fsp3) is 0.500. The molecule has 8 nitrogen and oxygen atoms in total. The van der Waals surface area contributed by atoms with Gasteiger partial charge >= 0.3 is 16.2 Å². The number of rotatable bonds is 4. The van der Waals surface area contributed by atoms with Crippen LogP contribution in [0.2, 0.25) is 0 Å². The number of carboxylic acid groups (broad SMARTS) is 1. The molecular formula is C10H13BrN4O4S. The first-order valence-corrected chi connectivity index (χ1v) is 8.10. The maximum absolute atomic E-state index is 12.1. The van der Waals surface area contributed by atoms with Crippen LogP contribution in [0.5, 0.6) is 0 Å². The maximum Gasteiger partial charge on any atom is 0.306 e. The van der Waals surface area contributed by atoms with Crippen molar-refractivity contribution in [1.82, 2.24) is 14.3 Å². The number of hydrogen-bond donors (Lipinski definition) is 2. The Morgan fingerprint density at radius 2 is 2.00 bits per heavy atom. The van der Waals surface area contributed by atoms with E-state index in [1.807, 2.05) is 0 Å². The molecule has 1 aliphatic rings. The molecule has 0 saturated carbocycles. The molecular weight excluding hydrogens is 352 g/mol. The number of anilines is 1. The lowest BCUT2D eigenvalue weighted by molar-refractivity contribution is -0.142. The number of piperidine rings is 1. The van der Waals surface area contributed by atoms with Crippen LogP contribution in [-0.2, 0) is 15.0 Å². The number of aliphatic carboxylic acids is 1. The molecule has 0 atom stereocenters. The number of aromatic nitrogens is 2. The zero-order chi connectivity index (χ0) is 14.8. The van der Waals surface area contributed by atoms with E-state index in [0.29, 0.717) is 17.4 Å². The van der Waals surface area contributed by atoms with Crippen LogP contribution in [0.15, 0.2) is 17.0 Å². The van der Waals surface area contributed by atoms with Crippen molar-refractivity contribution >= 4 is 37.9 Å². The molecule has 1 aromatic heterocycles. The highest BCUT2D eigenvalue weighted by molar-refractivity contribution is 9.10. The molecule has 1 saturated heterocycles. The predicted molar refractivity (Wildman–Crippen MR) is 74.2 cm³/mol. The molecule has 1 aromatic rings. The molecule has 1 fully saturated rings. The SMILES string of the molecule is O=C(O)C1CCN(S(=O)(=O)Nc2cnc(Br)cn2)CC1. The zero-order valence-electron chi connectivity index (χ0n) is 10.4. The van der Waals surface area contributed by atoms with Gasteiger partial charge < -0.3 is 5.11 Å². The van der Waals surface area contributed by atoms with Crippen LogP contribution in [-0.4, -0.2) is 46.9 Å². The monoisotopic (exact) mass is 364 g/mol. The lowest BCUT2D eigenvalue weighted by atomic mass is 9.99. The van der Waals surface area contributed by atoms with Crippen LogP contribution >= 0.6 is 15.9 Å². The van der Waals surface area contributed by atoms with E-state index in [2.05, 4.69) is 30.6 Å². The van der Waals surface area contributed by atoms with E-state index in [0.717, 1.165) is 0 Å². The van der Waals surface area contributed by atoms with Crippen LogP contribution in [0.1, 0.15) is 12.8 Å². The molecule has 110 valence electrons. The number of hydrogen-bond acceptors (Lipinski definition) is 5. The molecule has 2 heterocycles. The first kappa shape index (κ1) is 15.1. The van der Waals surface area contributed by atoms with Gasteiger partial charge in [0.1, 0.15) is 4.60 Å². The Morgan fingerprint density at radius 1 is 1.35 bits per heavy atom. The molecule has 0 spiro atoms. The van der Waals surface area contributed by atoms with Crippen molar-refractivity contribution in [3.63, 3.8) is 0 Å². The smallest absolute Gasteiger partial charge is 0.306 e. The van der Waals surface area contributed by atoms with Crippen LogP contribution in [0, 0.1) is 5.92 Å². The van der Waals surface area contributed by atoms with E-state index < -0.39 is 22.1 Å². The summed E-state index contributed by atoms with van der Waals surface area (Å²) in [7, 11) is -3.73. The molecule has 0 aliphatic carbocycles. The summed E-state index contributed by atoms with van der Waals surface area (Å²) in [5.41, 5.74) is 0. The molecule has 0 amide bonds. The van der Waals surface area contributed by atoms with Crippen LogP contribution in [0.3, 0.4) is 0 Å². The van der Waals surface area contributed by atoms with Gasteiger partial charge in [-0.2, -0.15) is 12.7 Å². The van der Waals surface area contributed by atoms with E-state index in [9.17, 15) is 13.2 Å². The molecule has 0 radical (unpaired) electrons. The summed E-state index contributed by atoms with van der Waals surface area (Å²) in [4.78, 5) is 18.6. The summed E-state index contributed by atoms with van der Waals surface area (Å²) >= 11 is 3.10. The number of carboxylic acids is 1. The van der Waals surface area contributed by atoms with E-state index in [-0.39, 0.29) is 18.9 Å². The highest BCUT2D eigenvalue weighted by Crippen LogP contribution is 2.20. The van der Waals surface area contributed by atoms with E-state index >= 15 is 0 Å². The van der Waals surface area contributed by atoms with Gasteiger partial charge in [0.25, 0.3) is 0 Å². The number of carbonyl (C=O) groups is 1. The maximum atomic E-state index is 12.1. The Morgan fingerprint density at radius 3 is 2.50 bits per heavy atom. The minimum atomic E-state index is -3.73. The first-order valence-electron chi connectivity index (χ1n) is 5.87. The Kier molecular flexibility index (Phi) is 4.55. The van der Waals surface area contributed by atoms with Crippen LogP contribution in [0.4, 0.5) is 5.82 Å². The lowest BCUT2D eigenvalue weighted by Gasteiger charge is -2.29. The summed E-state index contributed by atoms with van der Waals surface area (Å²) in [6.45, 7) is 0.354. The summed E-state index contributed by atoms with van der Waals surface area (Å²) in [5.74, 6) is -1.24. The molecule has 2 N–H and O–H groups in total. The molecule has 0 bridgehead atoms. The van der Waals surface area contributed by atoms with E-state index in [4.69, 9.17) is 5.11 Å². The number of nitrogens with zero attached hydrogens (tertiary/aromatic N) is 3. The fourth-order valence-electron chi connectivity index (χ4n) is 1.90. The van der Waals surface area contributed by atoms with Gasteiger partial charge in [0.2, 0.25) is 0 Å². The quantitative estimate of drug-likeness (QED) is 0.812. The highest BCUT2D eigenvalue weighted by atomic mass is 79.9. The predicted octanol–water partition coefficient (Wildman–Crippen LogP) is 0.692. The fourth-order valence-corrected chi connectivity index (χ4v) is 3.30. The van der Waals surface area contributed by atoms with Gasteiger partial charge in [-0.05, 0) is 28.8 Å². The molecule has 10 heteroatoms. The minimum absolute atomic E-state index is 0.119. The average molecular weight is 365 g/mol. The summed E-state index contributed by atoms with van der Waals surface area (Å²) in [5, 5.41) is 8.88. The van der Waals surface area contributed by atoms with Gasteiger partial charge in [-0.3, -0.25) is 9.52 Å². The second-order valence-electron chi connectivity index (χ2n) is 4.34. The van der Waals surface area contributed by atoms with Gasteiger partial charge in [-0.25, -0.2) is 9.97 Å². The minimum Gasteiger partial charge on any atom is -0.481 e. The Hall–Kier alpha value is -1.26. The summed E-state index contributed by atoms with van der Waals surface area (Å²) in [6.07, 6.45) is 3.30. The largest absolute Gasteiger partial charge is 0.481 e. The van der Waals surface area contributed by atoms with Crippen LogP contribution in [0.25, 0.3) is 0 Å². The van der Waals surface area contributed by atoms with Crippen molar-refractivity contribution in [1.29, 1.82) is 0 Å². The molecule has 1 aliphatic heterocycles. The summed E-state index contributed by atoms with van der Waals surface area (Å²) in [6, 6.07) is 0. The normalized spacial score (nSPS) is 17.9. The van der Waals surface area contributed by atoms with Crippen molar-refractivity contribution in [2.75, 3.05) is 17.8 Å². The van der Waals surface area contributed by atoms with Crippen molar-refractivity contribution in [3.05, 3.63) is 17.0 Å². The first-order chi connectivity index (χ1) is 9.38. The van der Waals surface area contributed by atoms with Crippen molar-refractivity contribution < 1.29 is 18.3 Å². The Balaban J connectivity index is 2.01. The van der Waals surface area contributed by atoms with Gasteiger partial charge in [-0.1, -0.05) is 0 Å². The third-order valence-corrected chi connectivity index (χ3v) is 4.92. The lowest BCUT2D eigenvalue weighted by Crippen LogP contribution is -2.43. The Bertz CT molecular complexity index is 584. The highest BCUT2D eigenvalue weighted by Gasteiger charge is 2.31. The van der Waals surface area contributed by atoms with Gasteiger partial charge in [0, 0.05) is 13.1 Å². The average Bonchev–Trinajstić information content (AvgIpc) is 2.41. The Labute approximate surface area is 124 Å². The second kappa shape index (κ2) is 6.02. The number of nitrogens with one attached hydrogen (secondary N) is 1. The van der Waals surface area contributed by atoms with Crippen molar-refractivity contribution in [2.24, 2.45) is 5.92 Å². The number of halogens is 1. The van der Waals surface area contributed by atoms with E-state index in [1.165, 1.54) is 16.7 Å². The summed E-state index contributed by atoms with van der Waals surface area (Å²) < 4.78 is 28.2. The third-order valence-electron chi connectivity index (χ3n) is 3.00. The molecule has 20 heavy (non-hydrogen) atoms. The molecule has 0 aromatic carbocycles. The molecule has 2 rings (SSSR count). The zero-order valence-corrected chi connectivity index (χ0v) is 12.8. The van der Waals surface area contributed by atoms with Gasteiger partial charge in [-0.15, -0.1) is 0 Å². The van der Waals surface area contributed by atoms with Crippen molar-refractivity contribution in [2.45, 2.75) is 12.8 Å².